The molecule has 1 heterocycles. The molecule has 1 heteroatoms. The summed E-state index contributed by atoms with van der Waals surface area (Å²) in [5, 5.41) is 0. The molecule has 0 saturated heterocycles. The van der Waals surface area contributed by atoms with Crippen LogP contribution in [0.1, 0.15) is 65.5 Å². The summed E-state index contributed by atoms with van der Waals surface area (Å²) in [6, 6.07) is 16.4. The highest BCUT2D eigenvalue weighted by Gasteiger charge is 2.25. The number of hydrogen-bond acceptors (Lipinski definition) is 1. The third-order valence-corrected chi connectivity index (χ3v) is 7.82. The molecule has 1 nitrogen and oxygen atoms in total. The summed E-state index contributed by atoms with van der Waals surface area (Å²) in [6.45, 7) is 3.12. The molecule has 0 aromatic heterocycles. The van der Waals surface area contributed by atoms with Crippen molar-refractivity contribution in [1.82, 2.24) is 0 Å². The lowest BCUT2D eigenvalue weighted by atomic mass is 9.80. The molecular weight excluding hydrogens is 376 g/mol. The Hall–Kier alpha value is -2.54. The highest BCUT2D eigenvalue weighted by Crippen LogP contribution is 2.45. The minimum absolute atomic E-state index is 0.838. The molecule has 3 aliphatic rings. The van der Waals surface area contributed by atoms with Gasteiger partial charge in [-0.3, -0.25) is 0 Å². The predicted molar refractivity (Wildman–Crippen MR) is 129 cm³/mol. The van der Waals surface area contributed by atoms with Gasteiger partial charge in [-0.2, -0.15) is 0 Å². The summed E-state index contributed by atoms with van der Waals surface area (Å²) in [5.41, 5.74) is 14.8. The van der Waals surface area contributed by atoms with Gasteiger partial charge >= 0.3 is 0 Å². The van der Waals surface area contributed by atoms with Crippen LogP contribution in [-0.4, -0.2) is 6.61 Å². The van der Waals surface area contributed by atoms with Crippen LogP contribution in [0.15, 0.2) is 42.5 Å². The van der Waals surface area contributed by atoms with E-state index in [1.54, 1.807) is 22.3 Å². The van der Waals surface area contributed by atoms with Gasteiger partial charge in [0.15, 0.2) is 0 Å². The second-order valence-electron chi connectivity index (χ2n) is 9.66. The van der Waals surface area contributed by atoms with E-state index in [0.717, 1.165) is 25.2 Å². The van der Waals surface area contributed by atoms with Crippen LogP contribution in [0.4, 0.5) is 0 Å². The van der Waals surface area contributed by atoms with Crippen LogP contribution < -0.4 is 4.74 Å². The molecule has 0 amide bonds. The highest BCUT2D eigenvalue weighted by atomic mass is 16.5. The van der Waals surface area contributed by atoms with Crippen molar-refractivity contribution in [3.05, 3.63) is 75.8 Å². The maximum atomic E-state index is 6.44. The monoisotopic (exact) mass is 408 g/mol. The molecule has 31 heavy (non-hydrogen) atoms. The Balaban J connectivity index is 1.54. The lowest BCUT2D eigenvalue weighted by molar-refractivity contribution is 0.290. The first kappa shape index (κ1) is 19.2. The Morgan fingerprint density at radius 3 is 2.10 bits per heavy atom. The molecule has 0 unspecified atom stereocenters. The maximum Gasteiger partial charge on any atom is 0.130 e. The lowest BCUT2D eigenvalue weighted by Crippen LogP contribution is -2.13. The second kappa shape index (κ2) is 7.86. The van der Waals surface area contributed by atoms with Crippen molar-refractivity contribution in [2.75, 3.05) is 6.61 Å². The molecule has 0 fully saturated rings. The van der Waals surface area contributed by atoms with Crippen LogP contribution in [0.5, 0.6) is 5.75 Å². The van der Waals surface area contributed by atoms with E-state index in [9.17, 15) is 0 Å². The number of rotatable bonds is 2. The third-order valence-electron chi connectivity index (χ3n) is 7.82. The van der Waals surface area contributed by atoms with Gasteiger partial charge in [0.05, 0.1) is 6.61 Å². The molecule has 1 aliphatic heterocycles. The molecule has 3 aromatic carbocycles. The van der Waals surface area contributed by atoms with Crippen LogP contribution in [0.2, 0.25) is 0 Å². The average molecular weight is 409 g/mol. The minimum atomic E-state index is 0.838. The standard InChI is InChI=1S/C30H32O/c1-20-15-16-26(24-12-5-4-10-22(20)24)29-18-17-27(28-14-7-19-31-30(28)29)25-13-6-9-21-8-2-3-11-23(21)25/h6,9,13,15-18H,2-5,7-8,10-12,14,19H2,1H3. The highest BCUT2D eigenvalue weighted by molar-refractivity contribution is 5.84. The fourth-order valence-electron chi connectivity index (χ4n) is 6.26. The van der Waals surface area contributed by atoms with Gasteiger partial charge in [0, 0.05) is 11.1 Å². The van der Waals surface area contributed by atoms with Gasteiger partial charge in [0.25, 0.3) is 0 Å². The molecule has 0 radical (unpaired) electrons. The number of hydrogen-bond donors (Lipinski definition) is 0. The van der Waals surface area contributed by atoms with Gasteiger partial charge in [0.2, 0.25) is 0 Å². The first-order chi connectivity index (χ1) is 15.3. The van der Waals surface area contributed by atoms with E-state index in [1.165, 1.54) is 84.7 Å². The maximum absolute atomic E-state index is 6.44. The number of aryl methyl sites for hydroxylation is 2. The Labute approximate surface area is 186 Å². The van der Waals surface area contributed by atoms with Crippen molar-refractivity contribution in [3.8, 4) is 28.0 Å². The molecule has 3 aromatic rings. The smallest absolute Gasteiger partial charge is 0.130 e. The van der Waals surface area contributed by atoms with E-state index >= 15 is 0 Å². The van der Waals surface area contributed by atoms with Gasteiger partial charge < -0.3 is 4.74 Å². The van der Waals surface area contributed by atoms with Gasteiger partial charge in [-0.1, -0.05) is 42.5 Å². The van der Waals surface area contributed by atoms with Crippen molar-refractivity contribution in [1.29, 1.82) is 0 Å². The van der Waals surface area contributed by atoms with Crippen molar-refractivity contribution in [3.63, 3.8) is 0 Å². The minimum Gasteiger partial charge on any atom is -0.493 e. The first-order valence-corrected chi connectivity index (χ1v) is 12.3. The summed E-state index contributed by atoms with van der Waals surface area (Å²) >= 11 is 0. The van der Waals surface area contributed by atoms with Crippen molar-refractivity contribution >= 4 is 0 Å². The van der Waals surface area contributed by atoms with E-state index in [1.807, 2.05) is 0 Å². The van der Waals surface area contributed by atoms with Gasteiger partial charge in [-0.05, 0) is 116 Å². The summed E-state index contributed by atoms with van der Waals surface area (Å²) in [7, 11) is 0. The number of ether oxygens (including phenoxy) is 1. The van der Waals surface area contributed by atoms with Crippen LogP contribution in [0, 0.1) is 6.92 Å². The predicted octanol–water partition coefficient (Wildman–Crippen LogP) is 7.41. The fraction of sp³-hybridized carbons (Fsp3) is 0.400. The van der Waals surface area contributed by atoms with Gasteiger partial charge in [0.1, 0.15) is 5.75 Å². The van der Waals surface area contributed by atoms with Crippen molar-refractivity contribution < 1.29 is 4.74 Å². The average Bonchev–Trinajstić information content (AvgIpc) is 2.84. The Morgan fingerprint density at radius 1 is 0.548 bits per heavy atom. The van der Waals surface area contributed by atoms with Crippen LogP contribution >= 0.6 is 0 Å². The number of benzene rings is 3. The first-order valence-electron chi connectivity index (χ1n) is 12.3. The zero-order valence-corrected chi connectivity index (χ0v) is 18.7. The third kappa shape index (κ3) is 3.21. The summed E-state index contributed by atoms with van der Waals surface area (Å²) in [6.07, 6.45) is 12.4. The molecule has 158 valence electrons. The van der Waals surface area contributed by atoms with Crippen molar-refractivity contribution in [2.24, 2.45) is 0 Å². The van der Waals surface area contributed by atoms with Gasteiger partial charge in [-0.15, -0.1) is 0 Å². The fourth-order valence-corrected chi connectivity index (χ4v) is 6.26. The molecular formula is C30H32O. The van der Waals surface area contributed by atoms with Crippen molar-refractivity contribution in [2.45, 2.75) is 71.1 Å². The lowest BCUT2D eigenvalue weighted by Gasteiger charge is -2.28. The molecule has 0 spiro atoms. The molecule has 0 bridgehead atoms. The second-order valence-corrected chi connectivity index (χ2v) is 9.66. The topological polar surface area (TPSA) is 9.23 Å². The van der Waals surface area contributed by atoms with E-state index in [-0.39, 0.29) is 0 Å². The Morgan fingerprint density at radius 2 is 1.19 bits per heavy atom. The Kier molecular flexibility index (Phi) is 4.86. The van der Waals surface area contributed by atoms with E-state index < -0.39 is 0 Å². The zero-order chi connectivity index (χ0) is 20.8. The Bertz CT molecular complexity index is 1150. The number of fused-ring (bicyclic) bond motifs is 3. The normalized spacial score (nSPS) is 17.3. The van der Waals surface area contributed by atoms with Crippen LogP contribution in [-0.2, 0) is 32.1 Å². The SMILES string of the molecule is Cc1ccc(-c2ccc(-c3cccc4c3CCCC4)c3c2OCCC3)c2c1CCCC2. The summed E-state index contributed by atoms with van der Waals surface area (Å²) < 4.78 is 6.44. The zero-order valence-electron chi connectivity index (χ0n) is 18.7. The summed E-state index contributed by atoms with van der Waals surface area (Å²) in [4.78, 5) is 0. The molecule has 2 aliphatic carbocycles. The molecule has 0 N–H and O–H groups in total. The van der Waals surface area contributed by atoms with Gasteiger partial charge in [-0.25, -0.2) is 0 Å². The van der Waals surface area contributed by atoms with E-state index in [2.05, 4.69) is 49.4 Å². The molecule has 0 saturated carbocycles. The molecule has 0 atom stereocenters. The quantitative estimate of drug-likeness (QED) is 0.429. The van der Waals surface area contributed by atoms with Crippen LogP contribution in [0.25, 0.3) is 22.3 Å². The molecule has 6 rings (SSSR count). The van der Waals surface area contributed by atoms with E-state index in [0.29, 0.717) is 0 Å². The summed E-state index contributed by atoms with van der Waals surface area (Å²) in [5.74, 6) is 1.16. The largest absolute Gasteiger partial charge is 0.493 e. The van der Waals surface area contributed by atoms with E-state index in [4.69, 9.17) is 4.74 Å². The van der Waals surface area contributed by atoms with Crippen LogP contribution in [0.3, 0.4) is 0 Å².